The normalized spacial score (nSPS) is 11.3. The Morgan fingerprint density at radius 2 is 2.23 bits per heavy atom. The van der Waals surface area contributed by atoms with Crippen LogP contribution in [0.15, 0.2) is 11.0 Å². The van der Waals surface area contributed by atoms with Crippen molar-refractivity contribution in [3.63, 3.8) is 0 Å². The zero-order chi connectivity index (χ0) is 9.42. The van der Waals surface area contributed by atoms with E-state index in [2.05, 4.69) is 20.2 Å². The molecule has 2 heterocycles. The predicted molar refractivity (Wildman–Crippen MR) is 48.6 cm³/mol. The van der Waals surface area contributed by atoms with Gasteiger partial charge in [0.05, 0.1) is 6.20 Å². The number of H-pyrrole nitrogens is 2. The Bertz CT molecular complexity index is 482. The Balaban J connectivity index is 2.77. The average Bonchev–Trinajstić information content (AvgIpc) is 2.51. The minimum atomic E-state index is -0.161. The van der Waals surface area contributed by atoms with Crippen LogP contribution in [0.1, 0.15) is 25.6 Å². The standard InChI is InChI=1S/C8H10N4O/c1-4(2)7-10-5-3-9-12-6(5)8(13)11-7/h3-4H,1-2H3,(H,9,12)(H,10,11,13). The van der Waals surface area contributed by atoms with Crippen LogP contribution in [0.5, 0.6) is 0 Å². The van der Waals surface area contributed by atoms with Gasteiger partial charge in [-0.25, -0.2) is 4.98 Å². The van der Waals surface area contributed by atoms with Crippen LogP contribution in [0.4, 0.5) is 0 Å². The van der Waals surface area contributed by atoms with Crippen LogP contribution < -0.4 is 5.56 Å². The van der Waals surface area contributed by atoms with Crippen molar-refractivity contribution in [2.24, 2.45) is 0 Å². The Hall–Kier alpha value is -1.65. The summed E-state index contributed by atoms with van der Waals surface area (Å²) in [6, 6.07) is 0. The summed E-state index contributed by atoms with van der Waals surface area (Å²) in [5, 5.41) is 6.35. The van der Waals surface area contributed by atoms with Gasteiger partial charge in [-0.3, -0.25) is 9.89 Å². The van der Waals surface area contributed by atoms with E-state index in [9.17, 15) is 4.79 Å². The van der Waals surface area contributed by atoms with E-state index in [4.69, 9.17) is 0 Å². The van der Waals surface area contributed by atoms with Crippen LogP contribution in [0.25, 0.3) is 11.0 Å². The van der Waals surface area contributed by atoms with E-state index < -0.39 is 0 Å². The zero-order valence-electron chi connectivity index (χ0n) is 7.46. The average molecular weight is 178 g/mol. The third-order valence-corrected chi connectivity index (χ3v) is 1.88. The molecule has 13 heavy (non-hydrogen) atoms. The van der Waals surface area contributed by atoms with Crippen molar-refractivity contribution in [3.05, 3.63) is 22.4 Å². The second-order valence-electron chi connectivity index (χ2n) is 3.24. The number of fused-ring (bicyclic) bond motifs is 1. The van der Waals surface area contributed by atoms with Crippen molar-refractivity contribution >= 4 is 11.0 Å². The SMILES string of the molecule is CC(C)c1nc2cn[nH]c2c(=O)[nH]1. The van der Waals surface area contributed by atoms with Gasteiger partial charge in [-0.05, 0) is 0 Å². The molecule has 0 aliphatic heterocycles. The molecule has 0 aliphatic carbocycles. The second kappa shape index (κ2) is 2.69. The van der Waals surface area contributed by atoms with Gasteiger partial charge in [0.15, 0.2) is 0 Å². The van der Waals surface area contributed by atoms with Crippen LogP contribution in [0.2, 0.25) is 0 Å². The lowest BCUT2D eigenvalue weighted by molar-refractivity contribution is 0.776. The molecule has 68 valence electrons. The summed E-state index contributed by atoms with van der Waals surface area (Å²) in [5.41, 5.74) is 0.892. The van der Waals surface area contributed by atoms with E-state index in [1.807, 2.05) is 13.8 Å². The van der Waals surface area contributed by atoms with Gasteiger partial charge in [-0.2, -0.15) is 5.10 Å². The summed E-state index contributed by atoms with van der Waals surface area (Å²) in [4.78, 5) is 18.3. The van der Waals surface area contributed by atoms with Crippen molar-refractivity contribution in [2.45, 2.75) is 19.8 Å². The first-order valence-corrected chi connectivity index (χ1v) is 4.12. The molecule has 2 N–H and O–H groups in total. The van der Waals surface area contributed by atoms with Gasteiger partial charge in [-0.1, -0.05) is 13.8 Å². The van der Waals surface area contributed by atoms with Crippen LogP contribution in [-0.2, 0) is 0 Å². The van der Waals surface area contributed by atoms with E-state index in [-0.39, 0.29) is 11.5 Å². The Morgan fingerprint density at radius 3 is 2.92 bits per heavy atom. The highest BCUT2D eigenvalue weighted by atomic mass is 16.1. The largest absolute Gasteiger partial charge is 0.308 e. The molecular formula is C8H10N4O. The Labute approximate surface area is 74.2 Å². The van der Waals surface area contributed by atoms with Crippen molar-refractivity contribution < 1.29 is 0 Å². The smallest absolute Gasteiger partial charge is 0.276 e. The number of aromatic nitrogens is 4. The molecule has 0 spiro atoms. The Kier molecular flexibility index (Phi) is 1.65. The van der Waals surface area contributed by atoms with Crippen LogP contribution in [0.3, 0.4) is 0 Å². The number of hydrogen-bond donors (Lipinski definition) is 2. The van der Waals surface area contributed by atoms with E-state index in [1.54, 1.807) is 6.20 Å². The summed E-state index contributed by atoms with van der Waals surface area (Å²) in [5.74, 6) is 0.908. The molecule has 0 fully saturated rings. The van der Waals surface area contributed by atoms with E-state index in [0.717, 1.165) is 0 Å². The third-order valence-electron chi connectivity index (χ3n) is 1.88. The first-order valence-electron chi connectivity index (χ1n) is 4.12. The van der Waals surface area contributed by atoms with Gasteiger partial charge in [-0.15, -0.1) is 0 Å². The van der Waals surface area contributed by atoms with E-state index in [1.165, 1.54) is 0 Å². The van der Waals surface area contributed by atoms with Crippen molar-refractivity contribution in [1.82, 2.24) is 20.2 Å². The lowest BCUT2D eigenvalue weighted by atomic mass is 10.2. The molecule has 0 radical (unpaired) electrons. The quantitative estimate of drug-likeness (QED) is 0.677. The first-order chi connectivity index (χ1) is 6.18. The molecule has 0 atom stereocenters. The summed E-state index contributed by atoms with van der Waals surface area (Å²) in [7, 11) is 0. The fourth-order valence-electron chi connectivity index (χ4n) is 1.14. The molecule has 0 aliphatic rings. The van der Waals surface area contributed by atoms with Crippen LogP contribution in [-0.4, -0.2) is 20.2 Å². The number of nitrogens with one attached hydrogen (secondary N) is 2. The van der Waals surface area contributed by atoms with Crippen LogP contribution in [0, 0.1) is 0 Å². The minimum Gasteiger partial charge on any atom is -0.308 e. The molecule has 0 bridgehead atoms. The van der Waals surface area contributed by atoms with E-state index >= 15 is 0 Å². The molecule has 0 unspecified atom stereocenters. The Morgan fingerprint density at radius 1 is 1.46 bits per heavy atom. The fourth-order valence-corrected chi connectivity index (χ4v) is 1.14. The lowest BCUT2D eigenvalue weighted by Gasteiger charge is -2.02. The molecule has 5 nitrogen and oxygen atoms in total. The maximum atomic E-state index is 11.4. The molecule has 0 amide bonds. The van der Waals surface area contributed by atoms with Gasteiger partial charge in [0.1, 0.15) is 16.9 Å². The lowest BCUT2D eigenvalue weighted by Crippen LogP contribution is -2.12. The maximum absolute atomic E-state index is 11.4. The fraction of sp³-hybridized carbons (Fsp3) is 0.375. The molecule has 5 heteroatoms. The van der Waals surface area contributed by atoms with Crippen LogP contribution >= 0.6 is 0 Å². The highest BCUT2D eigenvalue weighted by Gasteiger charge is 2.07. The third kappa shape index (κ3) is 1.22. The summed E-state index contributed by atoms with van der Waals surface area (Å²) >= 11 is 0. The number of rotatable bonds is 1. The number of nitrogens with zero attached hydrogens (tertiary/aromatic N) is 2. The van der Waals surface area contributed by atoms with Gasteiger partial charge in [0.2, 0.25) is 0 Å². The van der Waals surface area contributed by atoms with Crippen molar-refractivity contribution in [1.29, 1.82) is 0 Å². The number of aromatic amines is 2. The molecule has 2 aromatic heterocycles. The highest BCUT2D eigenvalue weighted by Crippen LogP contribution is 2.09. The van der Waals surface area contributed by atoms with Crippen molar-refractivity contribution in [3.8, 4) is 0 Å². The molecule has 0 saturated heterocycles. The molecule has 2 aromatic rings. The first kappa shape index (κ1) is 7.97. The minimum absolute atomic E-state index is 0.161. The van der Waals surface area contributed by atoms with Gasteiger partial charge < -0.3 is 4.98 Å². The summed E-state index contributed by atoms with van der Waals surface area (Å²) in [6.07, 6.45) is 1.55. The highest BCUT2D eigenvalue weighted by molar-refractivity contribution is 5.71. The second-order valence-corrected chi connectivity index (χ2v) is 3.24. The molecular weight excluding hydrogens is 168 g/mol. The van der Waals surface area contributed by atoms with Gasteiger partial charge in [0.25, 0.3) is 5.56 Å². The monoisotopic (exact) mass is 178 g/mol. The molecule has 0 saturated carbocycles. The number of hydrogen-bond acceptors (Lipinski definition) is 3. The topological polar surface area (TPSA) is 74.4 Å². The predicted octanol–water partition coefficient (Wildman–Crippen LogP) is 0.770. The zero-order valence-corrected chi connectivity index (χ0v) is 7.46. The van der Waals surface area contributed by atoms with E-state index in [0.29, 0.717) is 16.9 Å². The van der Waals surface area contributed by atoms with Gasteiger partial charge in [0, 0.05) is 5.92 Å². The summed E-state index contributed by atoms with van der Waals surface area (Å²) in [6.45, 7) is 3.95. The van der Waals surface area contributed by atoms with Gasteiger partial charge >= 0.3 is 0 Å². The molecule has 0 aromatic carbocycles. The molecule has 2 rings (SSSR count). The maximum Gasteiger partial charge on any atom is 0.276 e. The van der Waals surface area contributed by atoms with Crippen molar-refractivity contribution in [2.75, 3.05) is 0 Å². The summed E-state index contributed by atoms with van der Waals surface area (Å²) < 4.78 is 0.